The molecule has 2 rings (SSSR count). The number of hydrogen-bond acceptors (Lipinski definition) is 3. The first-order valence-corrected chi connectivity index (χ1v) is 6.58. The lowest BCUT2D eigenvalue weighted by molar-refractivity contribution is 0.102. The second kappa shape index (κ2) is 6.30. The molecule has 0 unspecified atom stereocenters. The average molecular weight is 291 g/mol. The van der Waals surface area contributed by atoms with Crippen LogP contribution in [0.25, 0.3) is 0 Å². The number of halogens is 1. The van der Waals surface area contributed by atoms with Crippen LogP contribution in [0.3, 0.4) is 0 Å². The molecule has 0 fully saturated rings. The summed E-state index contributed by atoms with van der Waals surface area (Å²) in [6, 6.07) is 12.1. The first-order valence-electron chi connectivity index (χ1n) is 6.20. The first kappa shape index (κ1) is 14.2. The van der Waals surface area contributed by atoms with Gasteiger partial charge in [-0.3, -0.25) is 4.79 Å². The number of nitrogens with two attached hydrogens (primary N) is 1. The third-order valence-electron chi connectivity index (χ3n) is 2.68. The predicted octanol–water partition coefficient (Wildman–Crippen LogP) is 3.57. The van der Waals surface area contributed by atoms with Gasteiger partial charge in [0.1, 0.15) is 5.75 Å². The second-order valence-corrected chi connectivity index (χ2v) is 4.50. The summed E-state index contributed by atoms with van der Waals surface area (Å²) in [5.74, 6) is 0.389. The van der Waals surface area contributed by atoms with Crippen LogP contribution in [-0.2, 0) is 0 Å². The Morgan fingerprint density at radius 1 is 1.30 bits per heavy atom. The van der Waals surface area contributed by atoms with Gasteiger partial charge in [-0.15, -0.1) is 0 Å². The molecular formula is C15H15ClN2O2. The number of benzene rings is 2. The molecule has 2 aromatic rings. The monoisotopic (exact) mass is 290 g/mol. The Kier molecular flexibility index (Phi) is 4.48. The highest BCUT2D eigenvalue weighted by atomic mass is 35.5. The Labute approximate surface area is 122 Å². The van der Waals surface area contributed by atoms with Crippen molar-refractivity contribution in [1.29, 1.82) is 0 Å². The van der Waals surface area contributed by atoms with Gasteiger partial charge >= 0.3 is 0 Å². The maximum Gasteiger partial charge on any atom is 0.257 e. The summed E-state index contributed by atoms with van der Waals surface area (Å²) in [6.45, 7) is 2.47. The number of carbonyl (C=O) groups excluding carboxylic acids is 1. The molecule has 0 aliphatic rings. The molecule has 0 atom stereocenters. The van der Waals surface area contributed by atoms with E-state index < -0.39 is 0 Å². The van der Waals surface area contributed by atoms with Crippen LogP contribution in [0.5, 0.6) is 5.75 Å². The van der Waals surface area contributed by atoms with Gasteiger partial charge in [0, 0.05) is 11.8 Å². The summed E-state index contributed by atoms with van der Waals surface area (Å²) < 4.78 is 5.38. The summed E-state index contributed by atoms with van der Waals surface area (Å²) in [5.41, 5.74) is 7.04. The fourth-order valence-electron chi connectivity index (χ4n) is 1.75. The molecule has 2 aromatic carbocycles. The summed E-state index contributed by atoms with van der Waals surface area (Å²) >= 11 is 6.02. The number of carbonyl (C=O) groups is 1. The van der Waals surface area contributed by atoms with Crippen LogP contribution in [0.1, 0.15) is 17.3 Å². The Bertz CT molecular complexity index is 629. The summed E-state index contributed by atoms with van der Waals surface area (Å²) in [6.07, 6.45) is 0. The van der Waals surface area contributed by atoms with Crippen molar-refractivity contribution >= 4 is 28.9 Å². The molecule has 4 nitrogen and oxygen atoms in total. The van der Waals surface area contributed by atoms with Gasteiger partial charge < -0.3 is 15.8 Å². The van der Waals surface area contributed by atoms with Crippen LogP contribution in [0, 0.1) is 0 Å². The molecule has 0 heterocycles. The van der Waals surface area contributed by atoms with Crippen molar-refractivity contribution < 1.29 is 9.53 Å². The van der Waals surface area contributed by atoms with E-state index in [1.54, 1.807) is 30.3 Å². The largest absolute Gasteiger partial charge is 0.494 e. The predicted molar refractivity (Wildman–Crippen MR) is 81.4 cm³/mol. The Morgan fingerprint density at radius 2 is 2.05 bits per heavy atom. The molecule has 0 bridgehead atoms. The van der Waals surface area contributed by atoms with Crippen molar-refractivity contribution in [2.75, 3.05) is 17.7 Å². The minimum Gasteiger partial charge on any atom is -0.494 e. The van der Waals surface area contributed by atoms with Crippen molar-refractivity contribution in [3.8, 4) is 5.75 Å². The summed E-state index contributed by atoms with van der Waals surface area (Å²) in [4.78, 5) is 12.2. The molecule has 0 aliphatic carbocycles. The zero-order chi connectivity index (χ0) is 14.5. The molecule has 0 spiro atoms. The zero-order valence-electron chi connectivity index (χ0n) is 11.0. The van der Waals surface area contributed by atoms with E-state index in [4.69, 9.17) is 22.1 Å². The number of amides is 1. The van der Waals surface area contributed by atoms with Crippen molar-refractivity contribution in [3.05, 3.63) is 53.1 Å². The fourth-order valence-corrected chi connectivity index (χ4v) is 1.97. The minimum absolute atomic E-state index is 0.256. The SMILES string of the molecule is CCOc1cccc(NC(=O)c2cccc(N)c2Cl)c1. The van der Waals surface area contributed by atoms with Gasteiger partial charge in [-0.25, -0.2) is 0 Å². The number of ether oxygens (including phenoxy) is 1. The molecule has 1 amide bonds. The number of hydrogen-bond donors (Lipinski definition) is 2. The Balaban J connectivity index is 2.19. The second-order valence-electron chi connectivity index (χ2n) is 4.12. The lowest BCUT2D eigenvalue weighted by Gasteiger charge is -2.09. The summed E-state index contributed by atoms with van der Waals surface area (Å²) in [7, 11) is 0. The van der Waals surface area contributed by atoms with Crippen LogP contribution in [0.4, 0.5) is 11.4 Å². The van der Waals surface area contributed by atoms with E-state index in [1.165, 1.54) is 0 Å². The van der Waals surface area contributed by atoms with E-state index >= 15 is 0 Å². The zero-order valence-corrected chi connectivity index (χ0v) is 11.8. The number of nitrogens with one attached hydrogen (secondary N) is 1. The third kappa shape index (κ3) is 3.22. The topological polar surface area (TPSA) is 64.3 Å². The molecule has 0 aliphatic heterocycles. The van der Waals surface area contributed by atoms with E-state index in [2.05, 4.69) is 5.32 Å². The van der Waals surface area contributed by atoms with E-state index in [9.17, 15) is 4.79 Å². The van der Waals surface area contributed by atoms with Crippen molar-refractivity contribution in [3.63, 3.8) is 0 Å². The van der Waals surface area contributed by atoms with Crippen LogP contribution in [0.2, 0.25) is 5.02 Å². The van der Waals surface area contributed by atoms with Gasteiger partial charge in [0.15, 0.2) is 0 Å². The van der Waals surface area contributed by atoms with Gasteiger partial charge in [0.2, 0.25) is 0 Å². The number of rotatable bonds is 4. The molecule has 0 aromatic heterocycles. The van der Waals surface area contributed by atoms with Crippen molar-refractivity contribution in [2.24, 2.45) is 0 Å². The molecular weight excluding hydrogens is 276 g/mol. The molecule has 20 heavy (non-hydrogen) atoms. The molecule has 0 saturated carbocycles. The van der Waals surface area contributed by atoms with E-state index in [-0.39, 0.29) is 10.9 Å². The van der Waals surface area contributed by atoms with Gasteiger partial charge in [-0.2, -0.15) is 0 Å². The van der Waals surface area contributed by atoms with Gasteiger partial charge in [-0.05, 0) is 31.2 Å². The fraction of sp³-hybridized carbons (Fsp3) is 0.133. The van der Waals surface area contributed by atoms with Gasteiger partial charge in [0.05, 0.1) is 22.9 Å². The maximum absolute atomic E-state index is 12.2. The highest BCUT2D eigenvalue weighted by Crippen LogP contribution is 2.24. The van der Waals surface area contributed by atoms with Crippen LogP contribution >= 0.6 is 11.6 Å². The molecule has 3 N–H and O–H groups in total. The standard InChI is InChI=1S/C15H15ClN2O2/c1-2-20-11-6-3-5-10(9-11)18-15(19)12-7-4-8-13(17)14(12)16/h3-9H,2,17H2,1H3,(H,18,19). The third-order valence-corrected chi connectivity index (χ3v) is 3.10. The van der Waals surface area contributed by atoms with Crippen LogP contribution < -0.4 is 15.8 Å². The molecule has 0 radical (unpaired) electrons. The van der Waals surface area contributed by atoms with E-state index in [0.717, 1.165) is 0 Å². The number of nitrogen functional groups attached to an aromatic ring is 1. The average Bonchev–Trinajstić information content (AvgIpc) is 2.42. The molecule has 0 saturated heterocycles. The highest BCUT2D eigenvalue weighted by Gasteiger charge is 2.12. The normalized spacial score (nSPS) is 10.1. The first-order chi connectivity index (χ1) is 9.61. The Morgan fingerprint density at radius 3 is 2.80 bits per heavy atom. The maximum atomic E-state index is 12.2. The van der Waals surface area contributed by atoms with E-state index in [1.807, 2.05) is 19.1 Å². The number of anilines is 2. The van der Waals surface area contributed by atoms with E-state index in [0.29, 0.717) is 29.3 Å². The van der Waals surface area contributed by atoms with Crippen molar-refractivity contribution in [2.45, 2.75) is 6.92 Å². The van der Waals surface area contributed by atoms with Crippen LogP contribution in [-0.4, -0.2) is 12.5 Å². The smallest absolute Gasteiger partial charge is 0.257 e. The lowest BCUT2D eigenvalue weighted by atomic mass is 10.2. The minimum atomic E-state index is -0.309. The Hall–Kier alpha value is -2.20. The van der Waals surface area contributed by atoms with Gasteiger partial charge in [0.25, 0.3) is 5.91 Å². The van der Waals surface area contributed by atoms with Gasteiger partial charge in [-0.1, -0.05) is 23.7 Å². The quantitative estimate of drug-likeness (QED) is 0.846. The summed E-state index contributed by atoms with van der Waals surface area (Å²) in [5, 5.41) is 3.02. The van der Waals surface area contributed by atoms with Crippen LogP contribution in [0.15, 0.2) is 42.5 Å². The molecule has 5 heteroatoms. The molecule has 104 valence electrons. The lowest BCUT2D eigenvalue weighted by Crippen LogP contribution is -2.13. The highest BCUT2D eigenvalue weighted by molar-refractivity contribution is 6.36. The van der Waals surface area contributed by atoms with Crippen molar-refractivity contribution in [1.82, 2.24) is 0 Å².